The standard InChI is InChI=1S/C17H25NO2/c1-3-16(15-8-6-13(2)7-9-15)18-10-4-5-14(12-18)11-17(19)20/h6-9,14,16H,3-5,10-12H2,1-2H3,(H,19,20). The van der Waals surface area contributed by atoms with Gasteiger partial charge in [-0.15, -0.1) is 0 Å². The van der Waals surface area contributed by atoms with Gasteiger partial charge in [-0.1, -0.05) is 36.8 Å². The lowest BCUT2D eigenvalue weighted by Gasteiger charge is -2.38. The first-order chi connectivity index (χ1) is 9.60. The van der Waals surface area contributed by atoms with Crippen LogP contribution < -0.4 is 0 Å². The molecule has 1 saturated heterocycles. The van der Waals surface area contributed by atoms with Gasteiger partial charge in [-0.05, 0) is 44.2 Å². The molecule has 0 saturated carbocycles. The zero-order chi connectivity index (χ0) is 14.5. The van der Waals surface area contributed by atoms with Crippen LogP contribution >= 0.6 is 0 Å². The van der Waals surface area contributed by atoms with Gasteiger partial charge < -0.3 is 5.11 Å². The summed E-state index contributed by atoms with van der Waals surface area (Å²) < 4.78 is 0. The van der Waals surface area contributed by atoms with Crippen molar-refractivity contribution in [2.75, 3.05) is 13.1 Å². The quantitative estimate of drug-likeness (QED) is 0.892. The molecule has 2 unspecified atom stereocenters. The van der Waals surface area contributed by atoms with Crippen LogP contribution in [0.2, 0.25) is 0 Å². The first-order valence-electron chi connectivity index (χ1n) is 7.62. The lowest BCUT2D eigenvalue weighted by atomic mass is 9.91. The molecule has 1 N–H and O–H groups in total. The topological polar surface area (TPSA) is 40.5 Å². The number of nitrogens with zero attached hydrogens (tertiary/aromatic N) is 1. The number of aliphatic carboxylic acids is 1. The average Bonchev–Trinajstić information content (AvgIpc) is 2.41. The fourth-order valence-corrected chi connectivity index (χ4v) is 3.29. The summed E-state index contributed by atoms with van der Waals surface area (Å²) in [5, 5.41) is 8.98. The second kappa shape index (κ2) is 6.89. The van der Waals surface area contributed by atoms with Crippen molar-refractivity contribution in [2.45, 2.75) is 45.6 Å². The summed E-state index contributed by atoms with van der Waals surface area (Å²) in [6.45, 7) is 6.32. The number of carboxylic acid groups (broad SMARTS) is 1. The number of rotatable bonds is 5. The largest absolute Gasteiger partial charge is 0.481 e. The van der Waals surface area contributed by atoms with E-state index in [4.69, 9.17) is 5.11 Å². The van der Waals surface area contributed by atoms with Crippen molar-refractivity contribution in [1.29, 1.82) is 0 Å². The predicted octanol–water partition coefficient (Wildman–Crippen LogP) is 3.63. The van der Waals surface area contributed by atoms with Gasteiger partial charge in [0.15, 0.2) is 0 Å². The SMILES string of the molecule is CCC(c1ccc(C)cc1)N1CCCC(CC(=O)O)C1. The molecule has 0 spiro atoms. The molecule has 1 heterocycles. The minimum Gasteiger partial charge on any atom is -0.481 e. The van der Waals surface area contributed by atoms with Gasteiger partial charge in [0, 0.05) is 19.0 Å². The van der Waals surface area contributed by atoms with Gasteiger partial charge in [0.25, 0.3) is 0 Å². The van der Waals surface area contributed by atoms with Crippen molar-refractivity contribution in [1.82, 2.24) is 4.90 Å². The van der Waals surface area contributed by atoms with Crippen LogP contribution in [0.15, 0.2) is 24.3 Å². The van der Waals surface area contributed by atoms with Crippen molar-refractivity contribution < 1.29 is 9.90 Å². The number of benzene rings is 1. The summed E-state index contributed by atoms with van der Waals surface area (Å²) in [4.78, 5) is 13.4. The molecular formula is C17H25NO2. The second-order valence-electron chi connectivity index (χ2n) is 5.94. The molecule has 0 amide bonds. The molecule has 0 aliphatic carbocycles. The third-order valence-electron chi connectivity index (χ3n) is 4.30. The molecule has 1 aliphatic heterocycles. The van der Waals surface area contributed by atoms with Gasteiger partial charge in [0.05, 0.1) is 0 Å². The minimum absolute atomic E-state index is 0.306. The zero-order valence-electron chi connectivity index (χ0n) is 12.5. The van der Waals surface area contributed by atoms with Crippen LogP contribution in [0.5, 0.6) is 0 Å². The van der Waals surface area contributed by atoms with Crippen LogP contribution in [0.3, 0.4) is 0 Å². The highest BCUT2D eigenvalue weighted by atomic mass is 16.4. The Morgan fingerprint density at radius 1 is 1.40 bits per heavy atom. The Balaban J connectivity index is 2.06. The van der Waals surface area contributed by atoms with Gasteiger partial charge in [-0.3, -0.25) is 9.69 Å². The molecule has 0 bridgehead atoms. The first kappa shape index (κ1) is 15.0. The number of carboxylic acids is 1. The molecule has 110 valence electrons. The smallest absolute Gasteiger partial charge is 0.303 e. The summed E-state index contributed by atoms with van der Waals surface area (Å²) in [5.41, 5.74) is 2.64. The average molecular weight is 275 g/mol. The zero-order valence-corrected chi connectivity index (χ0v) is 12.5. The minimum atomic E-state index is -0.666. The van der Waals surface area contributed by atoms with Gasteiger partial charge in [-0.25, -0.2) is 0 Å². The van der Waals surface area contributed by atoms with Crippen molar-refractivity contribution in [3.63, 3.8) is 0 Å². The van der Waals surface area contributed by atoms with E-state index in [0.29, 0.717) is 18.4 Å². The fourth-order valence-electron chi connectivity index (χ4n) is 3.29. The monoisotopic (exact) mass is 275 g/mol. The maximum absolute atomic E-state index is 10.9. The van der Waals surface area contributed by atoms with E-state index in [-0.39, 0.29) is 0 Å². The maximum atomic E-state index is 10.9. The Hall–Kier alpha value is -1.35. The Bertz CT molecular complexity index is 441. The van der Waals surface area contributed by atoms with E-state index in [1.807, 2.05) is 0 Å². The molecule has 0 radical (unpaired) electrons. The summed E-state index contributed by atoms with van der Waals surface area (Å²) in [6.07, 6.45) is 3.54. The first-order valence-corrected chi connectivity index (χ1v) is 7.62. The Kier molecular flexibility index (Phi) is 5.18. The molecule has 1 fully saturated rings. The number of carbonyl (C=O) groups is 1. The molecule has 3 heteroatoms. The van der Waals surface area contributed by atoms with E-state index in [9.17, 15) is 4.79 Å². The van der Waals surface area contributed by atoms with E-state index in [2.05, 4.69) is 43.0 Å². The molecular weight excluding hydrogens is 250 g/mol. The van der Waals surface area contributed by atoms with E-state index in [1.54, 1.807) is 0 Å². The molecule has 1 aliphatic rings. The highest BCUT2D eigenvalue weighted by Crippen LogP contribution is 2.30. The van der Waals surface area contributed by atoms with E-state index in [0.717, 1.165) is 32.4 Å². The van der Waals surface area contributed by atoms with Crippen molar-refractivity contribution in [2.24, 2.45) is 5.92 Å². The summed E-state index contributed by atoms with van der Waals surface area (Å²) >= 11 is 0. The molecule has 0 aromatic heterocycles. The number of aryl methyl sites for hydroxylation is 1. The summed E-state index contributed by atoms with van der Waals surface area (Å²) in [6, 6.07) is 9.18. The Morgan fingerprint density at radius 3 is 2.70 bits per heavy atom. The van der Waals surface area contributed by atoms with E-state index >= 15 is 0 Å². The third-order valence-corrected chi connectivity index (χ3v) is 4.30. The number of hydrogen-bond donors (Lipinski definition) is 1. The van der Waals surface area contributed by atoms with Crippen LogP contribution in [-0.4, -0.2) is 29.1 Å². The summed E-state index contributed by atoms with van der Waals surface area (Å²) in [5.74, 6) is -0.360. The number of piperidine rings is 1. The third kappa shape index (κ3) is 3.83. The van der Waals surface area contributed by atoms with Gasteiger partial charge in [0.1, 0.15) is 0 Å². The lowest BCUT2D eigenvalue weighted by Crippen LogP contribution is -2.38. The van der Waals surface area contributed by atoms with Gasteiger partial charge in [0.2, 0.25) is 0 Å². The van der Waals surface area contributed by atoms with Gasteiger partial charge in [-0.2, -0.15) is 0 Å². The lowest BCUT2D eigenvalue weighted by molar-refractivity contribution is -0.138. The number of likely N-dealkylation sites (tertiary alicyclic amines) is 1. The van der Waals surface area contributed by atoms with Gasteiger partial charge >= 0.3 is 5.97 Å². The Labute approximate surface area is 121 Å². The molecule has 2 atom stereocenters. The summed E-state index contributed by atoms with van der Waals surface area (Å²) in [7, 11) is 0. The normalized spacial score (nSPS) is 21.6. The van der Waals surface area contributed by atoms with Crippen LogP contribution in [0, 0.1) is 12.8 Å². The second-order valence-corrected chi connectivity index (χ2v) is 5.94. The maximum Gasteiger partial charge on any atom is 0.303 e. The predicted molar refractivity (Wildman–Crippen MR) is 80.8 cm³/mol. The molecule has 1 aromatic carbocycles. The van der Waals surface area contributed by atoms with Crippen LogP contribution in [-0.2, 0) is 4.79 Å². The van der Waals surface area contributed by atoms with E-state index in [1.165, 1.54) is 11.1 Å². The Morgan fingerprint density at radius 2 is 2.10 bits per heavy atom. The molecule has 1 aromatic rings. The van der Waals surface area contributed by atoms with Crippen molar-refractivity contribution >= 4 is 5.97 Å². The fraction of sp³-hybridized carbons (Fsp3) is 0.588. The molecule has 20 heavy (non-hydrogen) atoms. The molecule has 2 rings (SSSR count). The highest BCUT2D eigenvalue weighted by Gasteiger charge is 2.27. The highest BCUT2D eigenvalue weighted by molar-refractivity contribution is 5.67. The van der Waals surface area contributed by atoms with Crippen molar-refractivity contribution in [3.05, 3.63) is 35.4 Å². The van der Waals surface area contributed by atoms with Crippen LogP contribution in [0.1, 0.15) is 49.8 Å². The van der Waals surface area contributed by atoms with Crippen LogP contribution in [0.25, 0.3) is 0 Å². The van der Waals surface area contributed by atoms with Crippen LogP contribution in [0.4, 0.5) is 0 Å². The molecule has 3 nitrogen and oxygen atoms in total. The van der Waals surface area contributed by atoms with E-state index < -0.39 is 5.97 Å². The van der Waals surface area contributed by atoms with Crippen molar-refractivity contribution in [3.8, 4) is 0 Å². The number of hydrogen-bond acceptors (Lipinski definition) is 2.